The zero-order valence-electron chi connectivity index (χ0n) is 18.1. The summed E-state index contributed by atoms with van der Waals surface area (Å²) >= 11 is 0. The van der Waals surface area contributed by atoms with Crippen molar-refractivity contribution in [2.45, 2.75) is 44.2 Å². The van der Waals surface area contributed by atoms with E-state index in [0.717, 1.165) is 16.7 Å². The first kappa shape index (κ1) is 22.6. The molecule has 0 saturated carbocycles. The van der Waals surface area contributed by atoms with Crippen molar-refractivity contribution in [2.24, 2.45) is 0 Å². The third-order valence-electron chi connectivity index (χ3n) is 5.55. The Balaban J connectivity index is 1.42. The summed E-state index contributed by atoms with van der Waals surface area (Å²) in [6.07, 6.45) is -1.55. The molecule has 5 nitrogen and oxygen atoms in total. The number of aliphatic hydroxyl groups excluding tert-OH is 1. The number of rotatable bonds is 11. The van der Waals surface area contributed by atoms with Crippen LogP contribution in [0.1, 0.15) is 16.7 Å². The molecule has 0 unspecified atom stereocenters. The molecule has 1 heterocycles. The molecular formula is C27H30O5. The number of hydrogen-bond acceptors (Lipinski definition) is 5. The first-order chi connectivity index (χ1) is 15.8. The van der Waals surface area contributed by atoms with Crippen molar-refractivity contribution in [3.8, 4) is 0 Å². The lowest BCUT2D eigenvalue weighted by molar-refractivity contribution is -0.0901. The van der Waals surface area contributed by atoms with Crippen LogP contribution in [0.15, 0.2) is 91.0 Å². The second-order valence-electron chi connectivity index (χ2n) is 7.92. The quantitative estimate of drug-likeness (QED) is 0.492. The van der Waals surface area contributed by atoms with E-state index in [4.69, 9.17) is 18.9 Å². The third kappa shape index (κ3) is 6.25. The lowest BCUT2D eigenvalue weighted by Gasteiger charge is -2.25. The maximum atomic E-state index is 9.96. The highest BCUT2D eigenvalue weighted by Gasteiger charge is 2.46. The zero-order chi connectivity index (χ0) is 22.0. The van der Waals surface area contributed by atoms with Gasteiger partial charge >= 0.3 is 0 Å². The molecule has 0 spiro atoms. The summed E-state index contributed by atoms with van der Waals surface area (Å²) in [7, 11) is 0. The van der Waals surface area contributed by atoms with E-state index in [9.17, 15) is 5.11 Å². The van der Waals surface area contributed by atoms with Gasteiger partial charge in [-0.1, -0.05) is 91.0 Å². The van der Waals surface area contributed by atoms with Crippen molar-refractivity contribution >= 4 is 0 Å². The molecule has 0 bridgehead atoms. The van der Waals surface area contributed by atoms with Gasteiger partial charge < -0.3 is 24.1 Å². The molecule has 0 aromatic heterocycles. The predicted molar refractivity (Wildman–Crippen MR) is 122 cm³/mol. The van der Waals surface area contributed by atoms with Gasteiger partial charge in [-0.3, -0.25) is 0 Å². The summed E-state index contributed by atoms with van der Waals surface area (Å²) in [5, 5.41) is 9.96. The standard InChI is InChI=1S/C27H30O5/c28-16-24-26(30-18-22-12-6-2-7-13-22)27(31-19-23-14-8-3-9-15-23)25(32-24)20-29-17-21-10-4-1-5-11-21/h1-15,24-28H,16-20H2/t24-,25-,26-,27-/m1/s1. The molecule has 5 heteroatoms. The molecular weight excluding hydrogens is 404 g/mol. The fraction of sp³-hybridized carbons (Fsp3) is 0.333. The van der Waals surface area contributed by atoms with Gasteiger partial charge in [0.05, 0.1) is 33.0 Å². The van der Waals surface area contributed by atoms with Crippen molar-refractivity contribution in [1.29, 1.82) is 0 Å². The van der Waals surface area contributed by atoms with Crippen LogP contribution in [0.4, 0.5) is 0 Å². The van der Waals surface area contributed by atoms with Gasteiger partial charge in [0.25, 0.3) is 0 Å². The SMILES string of the molecule is OC[C@H]1O[C@H](COCc2ccccc2)[C@@H](OCc2ccccc2)[C@@H]1OCc1ccccc1. The molecule has 0 amide bonds. The minimum absolute atomic E-state index is 0.139. The number of hydrogen-bond donors (Lipinski definition) is 1. The highest BCUT2D eigenvalue weighted by molar-refractivity contribution is 5.15. The van der Waals surface area contributed by atoms with E-state index in [1.54, 1.807) is 0 Å². The predicted octanol–water partition coefficient (Wildman–Crippen LogP) is 4.13. The lowest BCUT2D eigenvalue weighted by Crippen LogP contribution is -2.39. The van der Waals surface area contributed by atoms with Gasteiger partial charge in [0, 0.05) is 0 Å². The van der Waals surface area contributed by atoms with Crippen molar-refractivity contribution in [3.63, 3.8) is 0 Å². The minimum Gasteiger partial charge on any atom is -0.394 e. The summed E-state index contributed by atoms with van der Waals surface area (Å²) in [6.45, 7) is 1.57. The molecule has 1 fully saturated rings. The molecule has 32 heavy (non-hydrogen) atoms. The summed E-state index contributed by atoms with van der Waals surface area (Å²) in [6, 6.07) is 30.0. The van der Waals surface area contributed by atoms with E-state index in [1.165, 1.54) is 0 Å². The Labute approximate surface area is 189 Å². The van der Waals surface area contributed by atoms with E-state index < -0.39 is 12.2 Å². The topological polar surface area (TPSA) is 57.2 Å². The first-order valence-electron chi connectivity index (χ1n) is 11.0. The van der Waals surface area contributed by atoms with Gasteiger partial charge in [0.15, 0.2) is 0 Å². The van der Waals surface area contributed by atoms with Gasteiger partial charge in [0.1, 0.15) is 24.4 Å². The van der Waals surface area contributed by atoms with E-state index >= 15 is 0 Å². The normalized spacial score (nSPS) is 22.8. The van der Waals surface area contributed by atoms with Crippen LogP contribution < -0.4 is 0 Å². The highest BCUT2D eigenvalue weighted by atomic mass is 16.6. The minimum atomic E-state index is -0.468. The molecule has 1 aliphatic heterocycles. The number of benzene rings is 3. The second-order valence-corrected chi connectivity index (χ2v) is 7.92. The molecule has 3 aromatic carbocycles. The number of aliphatic hydroxyl groups is 1. The zero-order valence-corrected chi connectivity index (χ0v) is 18.1. The van der Waals surface area contributed by atoms with Gasteiger partial charge in [0.2, 0.25) is 0 Å². The monoisotopic (exact) mass is 434 g/mol. The van der Waals surface area contributed by atoms with Crippen molar-refractivity contribution in [3.05, 3.63) is 108 Å². The van der Waals surface area contributed by atoms with Crippen molar-refractivity contribution in [2.75, 3.05) is 13.2 Å². The number of ether oxygens (including phenoxy) is 4. The Bertz CT molecular complexity index is 903. The van der Waals surface area contributed by atoms with E-state index in [0.29, 0.717) is 26.4 Å². The smallest absolute Gasteiger partial charge is 0.115 e. The fourth-order valence-electron chi connectivity index (χ4n) is 3.89. The van der Waals surface area contributed by atoms with Gasteiger partial charge in [-0.15, -0.1) is 0 Å². The van der Waals surface area contributed by atoms with Crippen LogP contribution in [0, 0.1) is 0 Å². The Morgan fingerprint density at radius 2 is 1.03 bits per heavy atom. The Morgan fingerprint density at radius 1 is 0.594 bits per heavy atom. The largest absolute Gasteiger partial charge is 0.394 e. The van der Waals surface area contributed by atoms with Crippen LogP contribution in [-0.2, 0) is 38.8 Å². The Morgan fingerprint density at radius 3 is 1.50 bits per heavy atom. The van der Waals surface area contributed by atoms with Crippen LogP contribution in [0.2, 0.25) is 0 Å². The summed E-state index contributed by atoms with van der Waals surface area (Å²) in [5.74, 6) is 0. The molecule has 3 aromatic rings. The van der Waals surface area contributed by atoms with Crippen molar-refractivity contribution < 1.29 is 24.1 Å². The van der Waals surface area contributed by atoms with Crippen LogP contribution in [0.5, 0.6) is 0 Å². The Hall–Kier alpha value is -2.54. The first-order valence-corrected chi connectivity index (χ1v) is 11.0. The van der Waals surface area contributed by atoms with E-state index in [1.807, 2.05) is 91.0 Å². The average molecular weight is 435 g/mol. The van der Waals surface area contributed by atoms with E-state index in [-0.39, 0.29) is 18.8 Å². The summed E-state index contributed by atoms with van der Waals surface area (Å²) in [5.41, 5.74) is 3.24. The average Bonchev–Trinajstić information content (AvgIpc) is 3.19. The molecule has 1 saturated heterocycles. The summed E-state index contributed by atoms with van der Waals surface area (Å²) < 4.78 is 24.6. The third-order valence-corrected chi connectivity index (χ3v) is 5.55. The fourth-order valence-corrected chi connectivity index (χ4v) is 3.89. The molecule has 0 aliphatic carbocycles. The molecule has 4 rings (SSSR count). The van der Waals surface area contributed by atoms with Crippen LogP contribution in [0.25, 0.3) is 0 Å². The second kappa shape index (κ2) is 11.9. The molecule has 1 N–H and O–H groups in total. The van der Waals surface area contributed by atoms with Crippen LogP contribution in [-0.4, -0.2) is 42.7 Å². The molecule has 168 valence electrons. The Kier molecular flexibility index (Phi) is 8.42. The van der Waals surface area contributed by atoms with Gasteiger partial charge in [-0.2, -0.15) is 0 Å². The maximum Gasteiger partial charge on any atom is 0.115 e. The van der Waals surface area contributed by atoms with Crippen LogP contribution >= 0.6 is 0 Å². The molecule has 0 radical (unpaired) electrons. The van der Waals surface area contributed by atoms with Gasteiger partial charge in [-0.05, 0) is 16.7 Å². The molecule has 4 atom stereocenters. The van der Waals surface area contributed by atoms with Crippen molar-refractivity contribution in [1.82, 2.24) is 0 Å². The van der Waals surface area contributed by atoms with Crippen LogP contribution in [0.3, 0.4) is 0 Å². The van der Waals surface area contributed by atoms with E-state index in [2.05, 4.69) is 0 Å². The highest BCUT2D eigenvalue weighted by Crippen LogP contribution is 2.29. The maximum absolute atomic E-state index is 9.96. The molecule has 1 aliphatic rings. The lowest BCUT2D eigenvalue weighted by atomic mass is 10.1. The van der Waals surface area contributed by atoms with Gasteiger partial charge in [-0.25, -0.2) is 0 Å². The summed E-state index contributed by atoms with van der Waals surface area (Å²) in [4.78, 5) is 0.